The zero-order valence-electron chi connectivity index (χ0n) is 7.43. The molecule has 1 rings (SSSR count). The molecule has 0 N–H and O–H groups in total. The second-order valence-electron chi connectivity index (χ2n) is 2.66. The summed E-state index contributed by atoms with van der Waals surface area (Å²) in [7, 11) is 1.43. The van der Waals surface area contributed by atoms with Crippen LogP contribution in [0.2, 0.25) is 5.02 Å². The lowest BCUT2D eigenvalue weighted by Crippen LogP contribution is -2.28. The number of hydrogen-bond acceptors (Lipinski definition) is 1. The maximum atomic E-state index is 13.3. The third-order valence-corrected chi connectivity index (χ3v) is 2.30. The van der Waals surface area contributed by atoms with Crippen molar-refractivity contribution in [1.82, 2.24) is 0 Å². The minimum absolute atomic E-state index is 0.0554. The summed E-state index contributed by atoms with van der Waals surface area (Å²) in [6.45, 7) is 0. The molecule has 5 heteroatoms. The molecule has 0 atom stereocenters. The van der Waals surface area contributed by atoms with Gasteiger partial charge in [0, 0.05) is 7.05 Å². The molecule has 0 fully saturated rings. The molecule has 0 aliphatic heterocycles. The van der Waals surface area contributed by atoms with Gasteiger partial charge in [0.2, 0.25) is 5.91 Å². The molecule has 76 valence electrons. The summed E-state index contributed by atoms with van der Waals surface area (Å²) in [5.74, 6) is -1.15. The number of carbonyl (C=O) groups is 1. The summed E-state index contributed by atoms with van der Waals surface area (Å²) >= 11 is 11.1. The van der Waals surface area contributed by atoms with Crippen LogP contribution in [0.4, 0.5) is 10.1 Å². The number of alkyl halides is 1. The lowest BCUT2D eigenvalue weighted by Gasteiger charge is -2.17. The molecule has 0 aliphatic carbocycles. The van der Waals surface area contributed by atoms with Crippen molar-refractivity contribution in [2.45, 2.75) is 0 Å². The molecule has 0 aromatic heterocycles. The average molecular weight is 236 g/mol. The SMILES string of the molecule is CN(C(=O)CCl)c1c(F)cccc1Cl. The van der Waals surface area contributed by atoms with E-state index in [0.717, 1.165) is 4.90 Å². The van der Waals surface area contributed by atoms with E-state index in [2.05, 4.69) is 0 Å². The summed E-state index contributed by atoms with van der Waals surface area (Å²) in [6, 6.07) is 4.22. The Balaban J connectivity index is 3.11. The van der Waals surface area contributed by atoms with Crippen molar-refractivity contribution >= 4 is 34.8 Å². The van der Waals surface area contributed by atoms with Gasteiger partial charge in [0.1, 0.15) is 11.7 Å². The Hall–Kier alpha value is -0.800. The minimum Gasteiger partial charge on any atom is -0.311 e. The van der Waals surface area contributed by atoms with Crippen molar-refractivity contribution in [3.8, 4) is 0 Å². The molecule has 0 spiro atoms. The van der Waals surface area contributed by atoms with E-state index in [9.17, 15) is 9.18 Å². The summed E-state index contributed by atoms with van der Waals surface area (Å²) in [5, 5.41) is 0.186. The quantitative estimate of drug-likeness (QED) is 0.723. The number of amides is 1. The fourth-order valence-corrected chi connectivity index (χ4v) is 1.49. The Morgan fingerprint density at radius 3 is 2.71 bits per heavy atom. The van der Waals surface area contributed by atoms with Gasteiger partial charge in [-0.15, -0.1) is 11.6 Å². The first-order valence-corrected chi connectivity index (χ1v) is 4.75. The highest BCUT2D eigenvalue weighted by atomic mass is 35.5. The lowest BCUT2D eigenvalue weighted by molar-refractivity contribution is -0.116. The summed E-state index contributed by atoms with van der Waals surface area (Å²) in [5.41, 5.74) is 0.0554. The van der Waals surface area contributed by atoms with Crippen LogP contribution in [0.25, 0.3) is 0 Å². The average Bonchev–Trinajstić information content (AvgIpc) is 2.16. The first-order chi connectivity index (χ1) is 6.57. The number of carbonyl (C=O) groups excluding carboxylic acids is 1. The van der Waals surface area contributed by atoms with Gasteiger partial charge in [0.05, 0.1) is 10.7 Å². The molecule has 0 saturated heterocycles. The van der Waals surface area contributed by atoms with Crippen molar-refractivity contribution in [3.63, 3.8) is 0 Å². The van der Waals surface area contributed by atoms with Crippen molar-refractivity contribution in [2.75, 3.05) is 17.8 Å². The number of rotatable bonds is 2. The van der Waals surface area contributed by atoms with Crippen LogP contribution in [0.15, 0.2) is 18.2 Å². The standard InChI is InChI=1S/C9H8Cl2FNO/c1-13(8(14)5-10)9-6(11)3-2-4-7(9)12/h2-4H,5H2,1H3. The Morgan fingerprint density at radius 2 is 2.21 bits per heavy atom. The normalized spacial score (nSPS) is 10.0. The van der Waals surface area contributed by atoms with E-state index in [4.69, 9.17) is 23.2 Å². The third kappa shape index (κ3) is 2.16. The summed E-state index contributed by atoms with van der Waals surface area (Å²) in [6.07, 6.45) is 0. The predicted octanol–water partition coefficient (Wildman–Crippen LogP) is 2.68. The number of nitrogens with zero attached hydrogens (tertiary/aromatic N) is 1. The van der Waals surface area contributed by atoms with E-state index in [0.29, 0.717) is 0 Å². The fraction of sp³-hybridized carbons (Fsp3) is 0.222. The molecular formula is C9H8Cl2FNO. The Kier molecular flexibility index (Phi) is 3.72. The summed E-state index contributed by atoms with van der Waals surface area (Å²) in [4.78, 5) is 12.3. The molecule has 0 radical (unpaired) electrons. The van der Waals surface area contributed by atoms with Crippen LogP contribution < -0.4 is 4.90 Å². The van der Waals surface area contributed by atoms with Gasteiger partial charge in [-0.3, -0.25) is 4.79 Å². The van der Waals surface area contributed by atoms with Gasteiger partial charge < -0.3 is 4.90 Å². The Bertz CT molecular complexity index is 336. The van der Waals surface area contributed by atoms with Crippen LogP contribution in [-0.2, 0) is 4.79 Å². The highest BCUT2D eigenvalue weighted by molar-refractivity contribution is 6.35. The van der Waals surface area contributed by atoms with Crippen LogP contribution in [-0.4, -0.2) is 18.8 Å². The first-order valence-electron chi connectivity index (χ1n) is 3.84. The van der Waals surface area contributed by atoms with Crippen LogP contribution in [0.5, 0.6) is 0 Å². The Morgan fingerprint density at radius 1 is 1.57 bits per heavy atom. The monoisotopic (exact) mass is 235 g/mol. The lowest BCUT2D eigenvalue weighted by atomic mass is 10.3. The fourth-order valence-electron chi connectivity index (χ4n) is 1.02. The molecule has 1 aromatic rings. The van der Waals surface area contributed by atoms with E-state index in [1.54, 1.807) is 0 Å². The van der Waals surface area contributed by atoms with Crippen LogP contribution >= 0.6 is 23.2 Å². The largest absolute Gasteiger partial charge is 0.311 e. The highest BCUT2D eigenvalue weighted by Crippen LogP contribution is 2.27. The van der Waals surface area contributed by atoms with E-state index in [-0.39, 0.29) is 16.6 Å². The molecule has 1 amide bonds. The maximum Gasteiger partial charge on any atom is 0.241 e. The third-order valence-electron chi connectivity index (χ3n) is 1.76. The number of halogens is 3. The van der Waals surface area contributed by atoms with Gasteiger partial charge in [-0.25, -0.2) is 4.39 Å². The molecule has 14 heavy (non-hydrogen) atoms. The molecule has 0 bridgehead atoms. The maximum absolute atomic E-state index is 13.3. The number of benzene rings is 1. The predicted molar refractivity (Wildman–Crippen MR) is 55.5 cm³/mol. The molecule has 0 saturated carbocycles. The molecule has 2 nitrogen and oxygen atoms in total. The second kappa shape index (κ2) is 4.62. The number of anilines is 1. The number of para-hydroxylation sites is 1. The zero-order valence-corrected chi connectivity index (χ0v) is 8.94. The van der Waals surface area contributed by atoms with E-state index < -0.39 is 11.7 Å². The van der Waals surface area contributed by atoms with Crippen molar-refractivity contribution < 1.29 is 9.18 Å². The molecular weight excluding hydrogens is 228 g/mol. The summed E-state index contributed by atoms with van der Waals surface area (Å²) < 4.78 is 13.3. The minimum atomic E-state index is -0.543. The first kappa shape index (κ1) is 11.3. The van der Waals surface area contributed by atoms with Crippen molar-refractivity contribution in [2.24, 2.45) is 0 Å². The van der Waals surface area contributed by atoms with Crippen LogP contribution in [0, 0.1) is 5.82 Å². The van der Waals surface area contributed by atoms with Gasteiger partial charge in [-0.05, 0) is 12.1 Å². The van der Waals surface area contributed by atoms with E-state index in [1.807, 2.05) is 0 Å². The molecule has 0 unspecified atom stereocenters. The van der Waals surface area contributed by atoms with Gasteiger partial charge in [-0.1, -0.05) is 17.7 Å². The highest BCUT2D eigenvalue weighted by Gasteiger charge is 2.16. The van der Waals surface area contributed by atoms with Gasteiger partial charge in [0.15, 0.2) is 0 Å². The molecule has 0 heterocycles. The van der Waals surface area contributed by atoms with Gasteiger partial charge in [0.25, 0.3) is 0 Å². The topological polar surface area (TPSA) is 20.3 Å². The smallest absolute Gasteiger partial charge is 0.241 e. The zero-order chi connectivity index (χ0) is 10.7. The van der Waals surface area contributed by atoms with Crippen LogP contribution in [0.1, 0.15) is 0 Å². The van der Waals surface area contributed by atoms with E-state index >= 15 is 0 Å². The van der Waals surface area contributed by atoms with Crippen molar-refractivity contribution in [3.05, 3.63) is 29.0 Å². The number of hydrogen-bond donors (Lipinski definition) is 0. The Labute approximate surface area is 91.2 Å². The van der Waals surface area contributed by atoms with Gasteiger partial charge in [-0.2, -0.15) is 0 Å². The second-order valence-corrected chi connectivity index (χ2v) is 3.33. The molecule has 1 aromatic carbocycles. The molecule has 0 aliphatic rings. The van der Waals surface area contributed by atoms with Gasteiger partial charge >= 0.3 is 0 Å². The van der Waals surface area contributed by atoms with Crippen molar-refractivity contribution in [1.29, 1.82) is 0 Å². The van der Waals surface area contributed by atoms with E-state index in [1.165, 1.54) is 25.2 Å². The van der Waals surface area contributed by atoms with Crippen LogP contribution in [0.3, 0.4) is 0 Å².